The third-order valence-corrected chi connectivity index (χ3v) is 3.25. The van der Waals surface area contributed by atoms with E-state index in [2.05, 4.69) is 66.5 Å². The number of benzene rings is 2. The Morgan fingerprint density at radius 1 is 0.895 bits per heavy atom. The second-order valence-corrected chi connectivity index (χ2v) is 4.65. The summed E-state index contributed by atoms with van der Waals surface area (Å²) in [6, 6.07) is 20.8. The van der Waals surface area contributed by atoms with E-state index in [1.807, 2.05) is 18.3 Å². The number of hydrogen-bond acceptors (Lipinski definition) is 1. The summed E-state index contributed by atoms with van der Waals surface area (Å²) in [5.74, 6) is 0. The van der Waals surface area contributed by atoms with Crippen molar-refractivity contribution in [1.82, 2.24) is 4.98 Å². The normalized spacial score (nSPS) is 11.7. The van der Waals surface area contributed by atoms with Crippen molar-refractivity contribution < 1.29 is 0 Å². The molecule has 1 heteroatoms. The topological polar surface area (TPSA) is 12.9 Å². The van der Waals surface area contributed by atoms with Crippen LogP contribution in [0.3, 0.4) is 0 Å². The average Bonchev–Trinajstić information content (AvgIpc) is 2.48. The Bertz CT molecular complexity index is 727. The van der Waals surface area contributed by atoms with Gasteiger partial charge in [0.2, 0.25) is 0 Å². The summed E-state index contributed by atoms with van der Waals surface area (Å²) in [6.45, 7) is 2.12. The number of aromatic nitrogens is 1. The lowest BCUT2D eigenvalue weighted by molar-refractivity contribution is 1.32. The number of rotatable bonds is 2. The highest BCUT2D eigenvalue weighted by molar-refractivity contribution is 5.86. The lowest BCUT2D eigenvalue weighted by Crippen LogP contribution is -1.84. The average molecular weight is 245 g/mol. The predicted molar refractivity (Wildman–Crippen MR) is 81.7 cm³/mol. The first-order valence-electron chi connectivity index (χ1n) is 6.41. The molecule has 0 spiro atoms. The van der Waals surface area contributed by atoms with Gasteiger partial charge in [0.1, 0.15) is 0 Å². The zero-order chi connectivity index (χ0) is 13.1. The van der Waals surface area contributed by atoms with Crippen LogP contribution in [0.4, 0.5) is 0 Å². The van der Waals surface area contributed by atoms with E-state index >= 15 is 0 Å². The van der Waals surface area contributed by atoms with Crippen molar-refractivity contribution in [3.05, 3.63) is 78.1 Å². The van der Waals surface area contributed by atoms with Crippen LogP contribution in [-0.4, -0.2) is 4.98 Å². The maximum Gasteiger partial charge on any atom is 0.0638 e. The number of hydrogen-bond donors (Lipinski definition) is 0. The molecule has 1 heterocycles. The lowest BCUT2D eigenvalue weighted by atomic mass is 10.1. The van der Waals surface area contributed by atoms with E-state index in [0.29, 0.717) is 0 Å². The highest BCUT2D eigenvalue weighted by atomic mass is 14.7. The van der Waals surface area contributed by atoms with E-state index in [0.717, 1.165) is 5.69 Å². The van der Waals surface area contributed by atoms with Crippen LogP contribution in [0, 0.1) is 0 Å². The summed E-state index contributed by atoms with van der Waals surface area (Å²) >= 11 is 0. The summed E-state index contributed by atoms with van der Waals surface area (Å²) in [7, 11) is 0. The molecule has 0 radical (unpaired) electrons. The van der Waals surface area contributed by atoms with E-state index < -0.39 is 0 Å². The van der Waals surface area contributed by atoms with Gasteiger partial charge in [-0.05, 0) is 35.6 Å². The Labute approximate surface area is 113 Å². The zero-order valence-electron chi connectivity index (χ0n) is 10.9. The van der Waals surface area contributed by atoms with Gasteiger partial charge in [-0.15, -0.1) is 0 Å². The molecule has 0 fully saturated rings. The van der Waals surface area contributed by atoms with Gasteiger partial charge in [-0.1, -0.05) is 54.6 Å². The van der Waals surface area contributed by atoms with Gasteiger partial charge in [0.15, 0.2) is 0 Å². The number of allylic oxidation sites excluding steroid dienone is 1. The fourth-order valence-electron chi connectivity index (χ4n) is 2.19. The molecule has 0 saturated heterocycles. The minimum absolute atomic E-state index is 1.00. The highest BCUT2D eigenvalue weighted by Gasteiger charge is 1.98. The molecule has 2 aromatic carbocycles. The number of nitrogens with zero attached hydrogens (tertiary/aromatic N) is 1. The van der Waals surface area contributed by atoms with Crippen LogP contribution in [0.1, 0.15) is 18.2 Å². The SMILES string of the molecule is C/C(=C\c1cc2ccccc2cn1)c1ccccc1. The molecule has 92 valence electrons. The Morgan fingerprint density at radius 2 is 1.58 bits per heavy atom. The molecular formula is C18H15N. The number of fused-ring (bicyclic) bond motifs is 1. The molecule has 1 nitrogen and oxygen atoms in total. The van der Waals surface area contributed by atoms with Crippen LogP contribution in [0.15, 0.2) is 66.9 Å². The van der Waals surface area contributed by atoms with Crippen LogP contribution < -0.4 is 0 Å². The molecule has 3 rings (SSSR count). The predicted octanol–water partition coefficient (Wildman–Crippen LogP) is 4.80. The van der Waals surface area contributed by atoms with Crippen LogP contribution >= 0.6 is 0 Å². The second-order valence-electron chi connectivity index (χ2n) is 4.65. The first-order chi connectivity index (χ1) is 9.33. The molecule has 0 aliphatic carbocycles. The maximum atomic E-state index is 4.50. The van der Waals surface area contributed by atoms with Crippen molar-refractivity contribution in [2.24, 2.45) is 0 Å². The van der Waals surface area contributed by atoms with Crippen LogP contribution in [0.2, 0.25) is 0 Å². The smallest absolute Gasteiger partial charge is 0.0638 e. The fraction of sp³-hybridized carbons (Fsp3) is 0.0556. The van der Waals surface area contributed by atoms with Gasteiger partial charge in [-0.2, -0.15) is 0 Å². The molecule has 0 saturated carbocycles. The van der Waals surface area contributed by atoms with Crippen molar-refractivity contribution in [3.63, 3.8) is 0 Å². The quantitative estimate of drug-likeness (QED) is 0.632. The summed E-state index contributed by atoms with van der Waals surface area (Å²) in [4.78, 5) is 4.50. The molecule has 0 aliphatic heterocycles. The summed E-state index contributed by atoms with van der Waals surface area (Å²) in [5.41, 5.74) is 3.46. The molecule has 0 atom stereocenters. The molecule has 0 unspecified atom stereocenters. The first kappa shape index (κ1) is 11.7. The fourth-order valence-corrected chi connectivity index (χ4v) is 2.19. The molecule has 3 aromatic rings. The molecule has 1 aromatic heterocycles. The molecule has 0 bridgehead atoms. The number of pyridine rings is 1. The van der Waals surface area contributed by atoms with E-state index in [1.165, 1.54) is 21.9 Å². The summed E-state index contributed by atoms with van der Waals surface area (Å²) in [5, 5.41) is 2.40. The van der Waals surface area contributed by atoms with E-state index in [-0.39, 0.29) is 0 Å². The van der Waals surface area contributed by atoms with Gasteiger partial charge in [-0.3, -0.25) is 4.98 Å². The lowest BCUT2D eigenvalue weighted by Gasteiger charge is -2.02. The third kappa shape index (κ3) is 2.55. The Hall–Kier alpha value is -2.41. The van der Waals surface area contributed by atoms with Gasteiger partial charge in [0, 0.05) is 11.6 Å². The van der Waals surface area contributed by atoms with Gasteiger partial charge in [-0.25, -0.2) is 0 Å². The van der Waals surface area contributed by atoms with Crippen LogP contribution in [-0.2, 0) is 0 Å². The van der Waals surface area contributed by atoms with Crippen molar-refractivity contribution in [3.8, 4) is 0 Å². The minimum atomic E-state index is 1.00. The monoisotopic (exact) mass is 245 g/mol. The summed E-state index contributed by atoms with van der Waals surface area (Å²) < 4.78 is 0. The van der Waals surface area contributed by atoms with E-state index in [9.17, 15) is 0 Å². The van der Waals surface area contributed by atoms with Crippen molar-refractivity contribution in [2.45, 2.75) is 6.92 Å². The minimum Gasteiger partial charge on any atom is -0.256 e. The van der Waals surface area contributed by atoms with Crippen LogP contribution in [0.25, 0.3) is 22.4 Å². The van der Waals surface area contributed by atoms with Gasteiger partial charge in [0.05, 0.1) is 5.69 Å². The molecule has 0 N–H and O–H groups in total. The van der Waals surface area contributed by atoms with Crippen molar-refractivity contribution in [1.29, 1.82) is 0 Å². The van der Waals surface area contributed by atoms with Crippen molar-refractivity contribution in [2.75, 3.05) is 0 Å². The summed E-state index contributed by atoms with van der Waals surface area (Å²) in [6.07, 6.45) is 4.06. The van der Waals surface area contributed by atoms with Crippen molar-refractivity contribution >= 4 is 22.4 Å². The molecule has 0 amide bonds. The standard InChI is InChI=1S/C18H15N/c1-14(15-7-3-2-4-8-15)11-18-12-16-9-5-6-10-17(16)13-19-18/h2-13H,1H3/b14-11+. The van der Waals surface area contributed by atoms with E-state index in [1.54, 1.807) is 0 Å². The highest BCUT2D eigenvalue weighted by Crippen LogP contribution is 2.19. The molecular weight excluding hydrogens is 230 g/mol. The van der Waals surface area contributed by atoms with Gasteiger partial charge < -0.3 is 0 Å². The van der Waals surface area contributed by atoms with Gasteiger partial charge in [0.25, 0.3) is 0 Å². The second kappa shape index (κ2) is 5.07. The van der Waals surface area contributed by atoms with Crippen LogP contribution in [0.5, 0.6) is 0 Å². The van der Waals surface area contributed by atoms with Gasteiger partial charge >= 0.3 is 0 Å². The largest absolute Gasteiger partial charge is 0.256 e. The first-order valence-corrected chi connectivity index (χ1v) is 6.41. The third-order valence-electron chi connectivity index (χ3n) is 3.25. The molecule has 19 heavy (non-hydrogen) atoms. The Kier molecular flexibility index (Phi) is 3.11. The maximum absolute atomic E-state index is 4.50. The molecule has 0 aliphatic rings. The Balaban J connectivity index is 2.01. The zero-order valence-corrected chi connectivity index (χ0v) is 10.9. The Morgan fingerprint density at radius 3 is 2.37 bits per heavy atom. The van der Waals surface area contributed by atoms with E-state index in [4.69, 9.17) is 0 Å².